The molecule has 0 radical (unpaired) electrons. The Bertz CT molecular complexity index is 982. The largest absolute Gasteiger partial charge is 0.493 e. The lowest BCUT2D eigenvalue weighted by atomic mass is 10.1. The van der Waals surface area contributed by atoms with E-state index < -0.39 is 0 Å². The van der Waals surface area contributed by atoms with Crippen LogP contribution in [0.1, 0.15) is 16.7 Å². The molecular formula is C25H29ClFNO4. The Balaban J connectivity index is 0.00000363. The molecule has 0 amide bonds. The van der Waals surface area contributed by atoms with Gasteiger partial charge >= 0.3 is 0 Å². The van der Waals surface area contributed by atoms with Gasteiger partial charge in [-0.15, -0.1) is 12.4 Å². The van der Waals surface area contributed by atoms with Gasteiger partial charge in [0.1, 0.15) is 12.4 Å². The van der Waals surface area contributed by atoms with Crippen LogP contribution in [0, 0.1) is 5.82 Å². The zero-order valence-electron chi connectivity index (χ0n) is 18.5. The van der Waals surface area contributed by atoms with Gasteiger partial charge in [-0.2, -0.15) is 0 Å². The molecule has 0 spiro atoms. The van der Waals surface area contributed by atoms with Gasteiger partial charge in [0.15, 0.2) is 23.0 Å². The summed E-state index contributed by atoms with van der Waals surface area (Å²) >= 11 is 0. The number of methoxy groups -OCH3 is 3. The van der Waals surface area contributed by atoms with E-state index in [4.69, 9.17) is 18.9 Å². The van der Waals surface area contributed by atoms with Crippen LogP contribution in [0.3, 0.4) is 0 Å². The van der Waals surface area contributed by atoms with E-state index in [0.29, 0.717) is 24.7 Å². The molecular weight excluding hydrogens is 433 g/mol. The SMILES string of the molecule is COc1ccc(CCNCc2ccc(OCc3ccc(F)cc3)c(OC)c2)cc1OC.Cl. The molecule has 7 heteroatoms. The van der Waals surface area contributed by atoms with E-state index in [-0.39, 0.29) is 18.2 Å². The third-order valence-corrected chi connectivity index (χ3v) is 4.90. The minimum Gasteiger partial charge on any atom is -0.493 e. The Labute approximate surface area is 194 Å². The Hall–Kier alpha value is -2.96. The third kappa shape index (κ3) is 7.04. The summed E-state index contributed by atoms with van der Waals surface area (Å²) in [5.74, 6) is 2.53. The summed E-state index contributed by atoms with van der Waals surface area (Å²) in [5.41, 5.74) is 3.16. The van der Waals surface area contributed by atoms with Crippen molar-refractivity contribution < 1.29 is 23.3 Å². The fourth-order valence-electron chi connectivity index (χ4n) is 3.18. The van der Waals surface area contributed by atoms with Gasteiger partial charge in [0.25, 0.3) is 0 Å². The van der Waals surface area contributed by atoms with Crippen molar-refractivity contribution in [3.8, 4) is 23.0 Å². The summed E-state index contributed by atoms with van der Waals surface area (Å²) in [7, 11) is 4.89. The van der Waals surface area contributed by atoms with Crippen LogP contribution in [0.5, 0.6) is 23.0 Å². The molecule has 3 aromatic carbocycles. The van der Waals surface area contributed by atoms with E-state index in [9.17, 15) is 4.39 Å². The van der Waals surface area contributed by atoms with Crippen molar-refractivity contribution in [3.63, 3.8) is 0 Å². The standard InChI is InChI=1S/C25H28FNO4.ClH/c1-28-22-10-6-18(14-24(22)29-2)12-13-27-16-20-7-11-23(25(15-20)30-3)31-17-19-4-8-21(26)9-5-19;/h4-11,14-15,27H,12-13,16-17H2,1-3H3;1H. The molecule has 0 atom stereocenters. The van der Waals surface area contributed by atoms with Crippen molar-refractivity contribution in [3.05, 3.63) is 83.2 Å². The lowest BCUT2D eigenvalue weighted by molar-refractivity contribution is 0.284. The zero-order chi connectivity index (χ0) is 22.1. The molecule has 3 rings (SSSR count). The van der Waals surface area contributed by atoms with Crippen LogP contribution in [0.4, 0.5) is 4.39 Å². The van der Waals surface area contributed by atoms with E-state index in [2.05, 4.69) is 5.32 Å². The first-order chi connectivity index (χ1) is 15.1. The molecule has 0 heterocycles. The van der Waals surface area contributed by atoms with Crippen molar-refractivity contribution in [2.45, 2.75) is 19.6 Å². The summed E-state index contributed by atoms with van der Waals surface area (Å²) in [5, 5.41) is 3.45. The second kappa shape index (κ2) is 12.8. The van der Waals surface area contributed by atoms with Gasteiger partial charge in [0.2, 0.25) is 0 Å². The number of rotatable bonds is 11. The first kappa shape index (κ1) is 25.3. The minimum absolute atomic E-state index is 0. The molecule has 0 saturated heterocycles. The molecule has 0 aromatic heterocycles. The highest BCUT2D eigenvalue weighted by Crippen LogP contribution is 2.29. The van der Waals surface area contributed by atoms with Gasteiger partial charge in [-0.1, -0.05) is 24.3 Å². The zero-order valence-corrected chi connectivity index (χ0v) is 19.3. The molecule has 0 aliphatic heterocycles. The van der Waals surface area contributed by atoms with Crippen molar-refractivity contribution in [2.75, 3.05) is 27.9 Å². The molecule has 0 bridgehead atoms. The van der Waals surface area contributed by atoms with E-state index in [0.717, 1.165) is 35.6 Å². The lowest BCUT2D eigenvalue weighted by Gasteiger charge is -2.13. The van der Waals surface area contributed by atoms with E-state index >= 15 is 0 Å². The first-order valence-electron chi connectivity index (χ1n) is 10.1. The number of halogens is 2. The molecule has 0 saturated carbocycles. The fraction of sp³-hybridized carbons (Fsp3) is 0.280. The summed E-state index contributed by atoms with van der Waals surface area (Å²) in [6.07, 6.45) is 0.871. The number of nitrogens with one attached hydrogen (secondary N) is 1. The first-order valence-corrected chi connectivity index (χ1v) is 10.1. The van der Waals surface area contributed by atoms with Gasteiger partial charge in [-0.3, -0.25) is 0 Å². The Morgan fingerprint density at radius 2 is 1.25 bits per heavy atom. The van der Waals surface area contributed by atoms with Gasteiger partial charge in [-0.05, 0) is 66.1 Å². The lowest BCUT2D eigenvalue weighted by Crippen LogP contribution is -2.16. The molecule has 32 heavy (non-hydrogen) atoms. The predicted molar refractivity (Wildman–Crippen MR) is 126 cm³/mol. The van der Waals surface area contributed by atoms with Gasteiger partial charge < -0.3 is 24.3 Å². The van der Waals surface area contributed by atoms with Gasteiger partial charge in [0, 0.05) is 6.54 Å². The molecule has 172 valence electrons. The summed E-state index contributed by atoms with van der Waals surface area (Å²) in [4.78, 5) is 0. The molecule has 3 aromatic rings. The topological polar surface area (TPSA) is 49.0 Å². The van der Waals surface area contributed by atoms with Crippen LogP contribution in [-0.2, 0) is 19.6 Å². The second-order valence-electron chi connectivity index (χ2n) is 7.02. The number of hydrogen-bond donors (Lipinski definition) is 1. The summed E-state index contributed by atoms with van der Waals surface area (Å²) in [6, 6.07) is 18.1. The average molecular weight is 462 g/mol. The monoisotopic (exact) mass is 461 g/mol. The molecule has 0 aliphatic carbocycles. The maximum Gasteiger partial charge on any atom is 0.161 e. The van der Waals surface area contributed by atoms with Crippen LogP contribution < -0.4 is 24.3 Å². The van der Waals surface area contributed by atoms with Crippen LogP contribution in [0.25, 0.3) is 0 Å². The maximum absolute atomic E-state index is 13.0. The Morgan fingerprint density at radius 3 is 1.94 bits per heavy atom. The highest BCUT2D eigenvalue weighted by Gasteiger charge is 2.07. The fourth-order valence-corrected chi connectivity index (χ4v) is 3.18. The van der Waals surface area contributed by atoms with Crippen molar-refractivity contribution in [1.82, 2.24) is 5.32 Å². The molecule has 0 fully saturated rings. The van der Waals surface area contributed by atoms with Crippen molar-refractivity contribution in [1.29, 1.82) is 0 Å². The highest BCUT2D eigenvalue weighted by atomic mass is 35.5. The van der Waals surface area contributed by atoms with Crippen molar-refractivity contribution >= 4 is 12.4 Å². The average Bonchev–Trinajstić information content (AvgIpc) is 2.81. The van der Waals surface area contributed by atoms with E-state index in [1.165, 1.54) is 17.7 Å². The summed E-state index contributed by atoms with van der Waals surface area (Å²) in [6.45, 7) is 1.88. The van der Waals surface area contributed by atoms with Crippen LogP contribution in [0.2, 0.25) is 0 Å². The quantitative estimate of drug-likeness (QED) is 0.398. The minimum atomic E-state index is -0.260. The third-order valence-electron chi connectivity index (χ3n) is 4.90. The molecule has 0 aliphatic rings. The van der Waals surface area contributed by atoms with Crippen LogP contribution in [0.15, 0.2) is 60.7 Å². The maximum atomic E-state index is 13.0. The predicted octanol–water partition coefficient (Wildman–Crippen LogP) is 5.18. The Kier molecular flexibility index (Phi) is 10.1. The van der Waals surface area contributed by atoms with E-state index in [1.807, 2.05) is 36.4 Å². The molecule has 1 N–H and O–H groups in total. The molecule has 5 nitrogen and oxygen atoms in total. The van der Waals surface area contributed by atoms with Crippen molar-refractivity contribution in [2.24, 2.45) is 0 Å². The normalized spacial score (nSPS) is 10.2. The van der Waals surface area contributed by atoms with Crippen LogP contribution in [-0.4, -0.2) is 27.9 Å². The van der Waals surface area contributed by atoms with E-state index in [1.54, 1.807) is 33.5 Å². The smallest absolute Gasteiger partial charge is 0.161 e. The number of hydrogen-bond acceptors (Lipinski definition) is 5. The van der Waals surface area contributed by atoms with Gasteiger partial charge in [-0.25, -0.2) is 4.39 Å². The highest BCUT2D eigenvalue weighted by molar-refractivity contribution is 5.85. The second-order valence-corrected chi connectivity index (χ2v) is 7.02. The van der Waals surface area contributed by atoms with Crippen LogP contribution >= 0.6 is 12.4 Å². The Morgan fingerprint density at radius 1 is 0.688 bits per heavy atom. The number of benzene rings is 3. The molecule has 0 unspecified atom stereocenters. The summed E-state index contributed by atoms with van der Waals surface area (Å²) < 4.78 is 35.0. The van der Waals surface area contributed by atoms with Gasteiger partial charge in [0.05, 0.1) is 21.3 Å². The number of ether oxygens (including phenoxy) is 4.